The van der Waals surface area contributed by atoms with Gasteiger partial charge in [-0.1, -0.05) is 26.5 Å². The zero-order valence-electron chi connectivity index (χ0n) is 16.4. The molecule has 1 heterocycles. The molecule has 1 saturated heterocycles. The molecule has 0 aromatic carbocycles. The van der Waals surface area contributed by atoms with Crippen LogP contribution in [0.4, 0.5) is 0 Å². The van der Waals surface area contributed by atoms with Crippen LogP contribution in [-0.2, 0) is 9.59 Å². The molecule has 1 N–H and O–H groups in total. The average molecular weight is 370 g/mol. The molecule has 0 aromatic heterocycles. The fourth-order valence-corrected chi connectivity index (χ4v) is 8.44. The van der Waals surface area contributed by atoms with Gasteiger partial charge in [0.25, 0.3) is 0 Å². The summed E-state index contributed by atoms with van der Waals surface area (Å²) in [5, 5.41) is 9.59. The number of carbonyl (C=O) groups excluding carboxylic acids is 2. The molecule has 2 unspecified atom stereocenters. The van der Waals surface area contributed by atoms with Gasteiger partial charge in [0.2, 0.25) is 0 Å². The maximum atomic E-state index is 13.7. The van der Waals surface area contributed by atoms with Gasteiger partial charge in [-0.25, -0.2) is 0 Å². The van der Waals surface area contributed by atoms with Gasteiger partial charge in [0.1, 0.15) is 0 Å². The zero-order valence-corrected chi connectivity index (χ0v) is 16.4. The number of allylic oxidation sites excluding steroid dienone is 2. The number of hydrogen-bond donors (Lipinski definition) is 1. The summed E-state index contributed by atoms with van der Waals surface area (Å²) in [6.45, 7) is 13.4. The van der Waals surface area contributed by atoms with Crippen LogP contribution in [0.15, 0.2) is 24.3 Å². The van der Waals surface area contributed by atoms with Gasteiger partial charge in [0.15, 0.2) is 11.6 Å². The van der Waals surface area contributed by atoms with Crippen molar-refractivity contribution < 1.29 is 14.7 Å². The molecular weight excluding hydrogens is 338 g/mol. The predicted octanol–water partition coefficient (Wildman–Crippen LogP) is 2.77. The van der Waals surface area contributed by atoms with Gasteiger partial charge in [-0.2, -0.15) is 0 Å². The molecule has 0 aromatic rings. The third-order valence-electron chi connectivity index (χ3n) is 9.11. The SMILES string of the molecule is C=C1C(=O)[C@@]23CC[C@@H](CC2[C@@]24CCC[C@@](C)(CN(CCO)C2)C14)C(=C)C3=O. The van der Waals surface area contributed by atoms with Crippen LogP contribution in [0.2, 0.25) is 0 Å². The summed E-state index contributed by atoms with van der Waals surface area (Å²) in [5.74, 6) is 0.616. The molecular formula is C23H31NO3. The van der Waals surface area contributed by atoms with E-state index in [2.05, 4.69) is 25.0 Å². The summed E-state index contributed by atoms with van der Waals surface area (Å²) in [4.78, 5) is 29.5. The van der Waals surface area contributed by atoms with Crippen LogP contribution in [0.3, 0.4) is 0 Å². The maximum Gasteiger partial charge on any atom is 0.172 e. The maximum absolute atomic E-state index is 13.7. The molecule has 6 rings (SSSR count). The van der Waals surface area contributed by atoms with Crippen LogP contribution in [0.1, 0.15) is 45.4 Å². The van der Waals surface area contributed by atoms with Crippen LogP contribution in [-0.4, -0.2) is 47.8 Å². The Morgan fingerprint density at radius 3 is 2.59 bits per heavy atom. The smallest absolute Gasteiger partial charge is 0.172 e. The number of hydrogen-bond acceptors (Lipinski definition) is 4. The van der Waals surface area contributed by atoms with Crippen molar-refractivity contribution in [1.29, 1.82) is 0 Å². The Morgan fingerprint density at radius 1 is 1.11 bits per heavy atom. The van der Waals surface area contributed by atoms with E-state index in [9.17, 15) is 14.7 Å². The molecule has 6 fully saturated rings. The van der Waals surface area contributed by atoms with E-state index in [-0.39, 0.29) is 46.8 Å². The van der Waals surface area contributed by atoms with Gasteiger partial charge < -0.3 is 5.11 Å². The van der Waals surface area contributed by atoms with Crippen LogP contribution in [0.25, 0.3) is 0 Å². The lowest BCUT2D eigenvalue weighted by atomic mass is 9.34. The Bertz CT molecular complexity index is 772. The summed E-state index contributed by atoms with van der Waals surface area (Å²) in [6, 6.07) is 0. The van der Waals surface area contributed by atoms with Gasteiger partial charge >= 0.3 is 0 Å². The number of likely N-dealkylation sites (tertiary alicyclic amines) is 1. The van der Waals surface area contributed by atoms with E-state index in [0.29, 0.717) is 18.5 Å². The van der Waals surface area contributed by atoms with E-state index in [1.165, 1.54) is 0 Å². The van der Waals surface area contributed by atoms with Crippen LogP contribution < -0.4 is 0 Å². The van der Waals surface area contributed by atoms with Crippen molar-refractivity contribution in [3.8, 4) is 0 Å². The van der Waals surface area contributed by atoms with E-state index >= 15 is 0 Å². The van der Waals surface area contributed by atoms with Gasteiger partial charge in [-0.15, -0.1) is 0 Å². The third-order valence-corrected chi connectivity index (χ3v) is 9.11. The zero-order chi connectivity index (χ0) is 19.2. The molecule has 6 aliphatic rings. The predicted molar refractivity (Wildman–Crippen MR) is 103 cm³/mol. The normalized spacial score (nSPS) is 49.2. The minimum Gasteiger partial charge on any atom is -0.395 e. The molecule has 146 valence electrons. The molecule has 1 spiro atoms. The number of aliphatic hydroxyl groups excluding tert-OH is 1. The van der Waals surface area contributed by atoms with Gasteiger partial charge in [0.05, 0.1) is 12.0 Å². The number of ketones is 2. The van der Waals surface area contributed by atoms with Crippen molar-refractivity contribution in [2.75, 3.05) is 26.2 Å². The molecule has 27 heavy (non-hydrogen) atoms. The van der Waals surface area contributed by atoms with E-state index in [1.807, 2.05) is 0 Å². The Morgan fingerprint density at radius 2 is 1.85 bits per heavy atom. The van der Waals surface area contributed by atoms with Gasteiger partial charge in [0, 0.05) is 25.6 Å². The number of rotatable bonds is 2. The first kappa shape index (κ1) is 17.8. The van der Waals surface area contributed by atoms with E-state index in [4.69, 9.17) is 0 Å². The number of fused-ring (bicyclic) bond motifs is 2. The average Bonchev–Trinajstić information content (AvgIpc) is 2.62. The molecule has 0 radical (unpaired) electrons. The molecule has 0 amide bonds. The monoisotopic (exact) mass is 369 g/mol. The Balaban J connectivity index is 1.70. The topological polar surface area (TPSA) is 57.6 Å². The second kappa shape index (κ2) is 5.42. The van der Waals surface area contributed by atoms with Crippen LogP contribution >= 0.6 is 0 Å². The highest BCUT2D eigenvalue weighted by molar-refractivity contribution is 6.21. The van der Waals surface area contributed by atoms with E-state index in [0.717, 1.165) is 50.8 Å². The Hall–Kier alpha value is -1.26. The summed E-state index contributed by atoms with van der Waals surface area (Å²) in [5.41, 5.74) is 0.477. The summed E-state index contributed by atoms with van der Waals surface area (Å²) < 4.78 is 0. The lowest BCUT2D eigenvalue weighted by Crippen LogP contribution is -2.73. The van der Waals surface area contributed by atoms with E-state index in [1.54, 1.807) is 0 Å². The highest BCUT2D eigenvalue weighted by Gasteiger charge is 2.73. The quantitative estimate of drug-likeness (QED) is 0.601. The molecule has 5 saturated carbocycles. The largest absolute Gasteiger partial charge is 0.395 e. The van der Waals surface area contributed by atoms with Crippen molar-refractivity contribution >= 4 is 11.6 Å². The number of Topliss-reactive ketones (excluding diaryl/α,β-unsaturated/α-hetero) is 2. The molecule has 4 nitrogen and oxygen atoms in total. The summed E-state index contributed by atoms with van der Waals surface area (Å²) in [7, 11) is 0. The Labute approximate surface area is 161 Å². The third kappa shape index (κ3) is 1.91. The highest BCUT2D eigenvalue weighted by atomic mass is 16.3. The molecule has 6 atom stereocenters. The number of piperidine rings is 1. The molecule has 5 aliphatic carbocycles. The molecule has 4 heteroatoms. The second-order valence-corrected chi connectivity index (χ2v) is 10.3. The standard InChI is InChI=1S/C23H31NO3/c1-14-16-5-8-23(19(14)26)17(11-16)22-7-4-6-21(3,12-24(13-22)9-10-25)18(22)15(2)20(23)27/h16-18,25H,1-2,4-13H2,3H3/t16-,17?,18?,21-,22+,23-/m0/s1. The second-order valence-electron chi connectivity index (χ2n) is 10.3. The van der Waals surface area contributed by atoms with Gasteiger partial charge in [-0.3, -0.25) is 14.5 Å². The number of carbonyl (C=O) groups is 2. The van der Waals surface area contributed by atoms with Crippen molar-refractivity contribution in [3.63, 3.8) is 0 Å². The fraction of sp³-hybridized carbons (Fsp3) is 0.739. The Kier molecular flexibility index (Phi) is 3.57. The summed E-state index contributed by atoms with van der Waals surface area (Å²) in [6.07, 6.45) is 5.86. The van der Waals surface area contributed by atoms with Crippen molar-refractivity contribution in [3.05, 3.63) is 24.3 Å². The minimum absolute atomic E-state index is 0.0107. The molecule has 1 aliphatic heterocycles. The number of aliphatic hydroxyl groups is 1. The minimum atomic E-state index is -0.889. The lowest BCUT2D eigenvalue weighted by molar-refractivity contribution is -0.197. The first-order valence-electron chi connectivity index (χ1n) is 10.6. The van der Waals surface area contributed by atoms with E-state index < -0.39 is 5.41 Å². The fourth-order valence-electron chi connectivity index (χ4n) is 8.44. The lowest BCUT2D eigenvalue weighted by Gasteiger charge is -2.71. The van der Waals surface area contributed by atoms with Crippen molar-refractivity contribution in [1.82, 2.24) is 4.90 Å². The van der Waals surface area contributed by atoms with Crippen molar-refractivity contribution in [2.45, 2.75) is 45.4 Å². The first-order chi connectivity index (χ1) is 12.8. The van der Waals surface area contributed by atoms with Crippen LogP contribution in [0, 0.1) is 34.0 Å². The first-order valence-corrected chi connectivity index (χ1v) is 10.6. The summed E-state index contributed by atoms with van der Waals surface area (Å²) >= 11 is 0. The van der Waals surface area contributed by atoms with Crippen molar-refractivity contribution in [2.24, 2.45) is 34.0 Å². The molecule has 4 bridgehead atoms. The van der Waals surface area contributed by atoms with Gasteiger partial charge in [-0.05, 0) is 65.9 Å². The number of β-amino-alcohol motifs (C(OH)–C–C–N with tert-alkyl or cyclic N) is 1. The number of nitrogens with zero attached hydrogens (tertiary/aromatic N) is 1. The highest BCUT2D eigenvalue weighted by Crippen LogP contribution is 2.72. The van der Waals surface area contributed by atoms with Crippen LogP contribution in [0.5, 0.6) is 0 Å².